The molecule has 8 nitrogen and oxygen atoms in total. The van der Waals surface area contributed by atoms with Crippen LogP contribution in [0.5, 0.6) is 0 Å². The summed E-state index contributed by atoms with van der Waals surface area (Å²) in [5.74, 6) is -0.710. The first kappa shape index (κ1) is 19.1. The van der Waals surface area contributed by atoms with Crippen LogP contribution in [0.1, 0.15) is 20.3 Å². The van der Waals surface area contributed by atoms with Crippen molar-refractivity contribution in [1.29, 1.82) is 5.26 Å². The molecule has 0 aliphatic carbocycles. The van der Waals surface area contributed by atoms with E-state index in [9.17, 15) is 14.9 Å². The number of nitrogens with zero attached hydrogens (tertiary/aromatic N) is 2. The van der Waals surface area contributed by atoms with Gasteiger partial charge in [-0.25, -0.2) is 0 Å². The van der Waals surface area contributed by atoms with Crippen molar-refractivity contribution in [3.63, 3.8) is 0 Å². The molecular weight excluding hydrogens is 312 g/mol. The van der Waals surface area contributed by atoms with Crippen molar-refractivity contribution in [2.24, 2.45) is 0 Å². The molecule has 0 bridgehead atoms. The van der Waals surface area contributed by atoms with E-state index in [0.29, 0.717) is 13.2 Å². The monoisotopic (exact) mass is 332 g/mol. The van der Waals surface area contributed by atoms with Gasteiger partial charge in [0, 0.05) is 25.4 Å². The molecule has 1 aromatic rings. The van der Waals surface area contributed by atoms with Crippen molar-refractivity contribution in [2.75, 3.05) is 18.5 Å². The summed E-state index contributed by atoms with van der Waals surface area (Å²) in [7, 11) is 0. The predicted octanol–water partition coefficient (Wildman–Crippen LogP) is 2.35. The molecule has 0 radical (unpaired) electrons. The maximum Gasteiger partial charge on any atom is 0.292 e. The fraction of sp³-hybridized carbons (Fsp3) is 0.375. The second kappa shape index (κ2) is 9.97. The lowest BCUT2D eigenvalue weighted by Gasteiger charge is -2.07. The van der Waals surface area contributed by atoms with E-state index in [1.165, 1.54) is 24.4 Å². The average molecular weight is 332 g/mol. The topological polar surface area (TPSA) is 117 Å². The van der Waals surface area contributed by atoms with E-state index < -0.39 is 10.8 Å². The van der Waals surface area contributed by atoms with Crippen LogP contribution in [0, 0.1) is 21.4 Å². The van der Waals surface area contributed by atoms with Crippen molar-refractivity contribution in [3.8, 4) is 6.07 Å². The molecule has 8 heteroatoms. The number of ether oxygens (including phenoxy) is 1. The number of carbonyl (C=O) groups is 1. The third-order valence-corrected chi connectivity index (χ3v) is 2.88. The minimum absolute atomic E-state index is 0.0407. The van der Waals surface area contributed by atoms with Gasteiger partial charge in [-0.3, -0.25) is 14.9 Å². The number of nitriles is 1. The minimum atomic E-state index is -0.710. The lowest BCUT2D eigenvalue weighted by atomic mass is 10.2. The molecule has 0 fully saturated rings. The Bertz CT molecular complexity index is 650. The summed E-state index contributed by atoms with van der Waals surface area (Å²) in [4.78, 5) is 22.4. The quantitative estimate of drug-likeness (QED) is 0.236. The number of nitro groups is 1. The number of rotatable bonds is 9. The summed E-state index contributed by atoms with van der Waals surface area (Å²) in [5, 5.41) is 25.2. The zero-order valence-corrected chi connectivity index (χ0v) is 13.6. The smallest absolute Gasteiger partial charge is 0.292 e. The van der Waals surface area contributed by atoms with Gasteiger partial charge in [0.05, 0.1) is 11.0 Å². The molecule has 0 aromatic heterocycles. The number of nitrogens with one attached hydrogen (secondary N) is 2. The number of hydrogen-bond acceptors (Lipinski definition) is 6. The van der Waals surface area contributed by atoms with Gasteiger partial charge in [0.15, 0.2) is 0 Å². The van der Waals surface area contributed by atoms with Crippen LogP contribution in [0.3, 0.4) is 0 Å². The maximum atomic E-state index is 12.0. The zero-order valence-electron chi connectivity index (χ0n) is 13.6. The van der Waals surface area contributed by atoms with Crippen LogP contribution in [0.15, 0.2) is 36.0 Å². The number of nitro benzene ring substituents is 1. The normalized spacial score (nSPS) is 11.0. The Hall–Kier alpha value is -2.92. The Morgan fingerprint density at radius 2 is 2.17 bits per heavy atom. The Labute approximate surface area is 140 Å². The number of para-hydroxylation sites is 2. The molecule has 0 aliphatic rings. The van der Waals surface area contributed by atoms with Crippen molar-refractivity contribution in [2.45, 2.75) is 26.4 Å². The summed E-state index contributed by atoms with van der Waals surface area (Å²) in [6, 6.07) is 7.50. The lowest BCUT2D eigenvalue weighted by molar-refractivity contribution is -0.383. The number of anilines is 1. The van der Waals surface area contributed by atoms with E-state index in [2.05, 4.69) is 10.6 Å². The predicted molar refractivity (Wildman–Crippen MR) is 89.1 cm³/mol. The maximum absolute atomic E-state index is 12.0. The summed E-state index contributed by atoms with van der Waals surface area (Å²) < 4.78 is 5.37. The molecule has 0 aliphatic heterocycles. The van der Waals surface area contributed by atoms with Gasteiger partial charge >= 0.3 is 0 Å². The lowest BCUT2D eigenvalue weighted by Crippen LogP contribution is -2.18. The Morgan fingerprint density at radius 1 is 1.46 bits per heavy atom. The zero-order chi connectivity index (χ0) is 17.9. The number of carbonyl (C=O) groups excluding carboxylic acids is 1. The fourth-order valence-corrected chi connectivity index (χ4v) is 1.74. The van der Waals surface area contributed by atoms with E-state index >= 15 is 0 Å². The van der Waals surface area contributed by atoms with Gasteiger partial charge in [-0.05, 0) is 26.3 Å². The van der Waals surface area contributed by atoms with Crippen LogP contribution in [0.4, 0.5) is 11.4 Å². The van der Waals surface area contributed by atoms with Crippen molar-refractivity contribution in [3.05, 3.63) is 46.2 Å². The highest BCUT2D eigenvalue weighted by atomic mass is 16.6. The summed E-state index contributed by atoms with van der Waals surface area (Å²) >= 11 is 0. The molecule has 0 saturated carbocycles. The molecule has 0 unspecified atom stereocenters. The second-order valence-electron chi connectivity index (χ2n) is 5.13. The molecule has 0 atom stereocenters. The summed E-state index contributed by atoms with van der Waals surface area (Å²) in [6.07, 6.45) is 2.17. The van der Waals surface area contributed by atoms with E-state index in [1.54, 1.807) is 12.1 Å². The van der Waals surface area contributed by atoms with E-state index in [1.807, 2.05) is 13.8 Å². The van der Waals surface area contributed by atoms with Gasteiger partial charge in [0.25, 0.3) is 11.6 Å². The van der Waals surface area contributed by atoms with Crippen LogP contribution in [0.2, 0.25) is 0 Å². The van der Waals surface area contributed by atoms with Crippen LogP contribution < -0.4 is 10.6 Å². The first-order valence-corrected chi connectivity index (χ1v) is 7.45. The highest BCUT2D eigenvalue weighted by molar-refractivity contribution is 6.07. The molecule has 2 N–H and O–H groups in total. The largest absolute Gasteiger partial charge is 0.390 e. The SMILES string of the molecule is CC(C)OCCCN/C=C(/C#N)C(=O)Nc1ccccc1[N+](=O)[O-]. The Balaban J connectivity index is 2.60. The molecule has 0 spiro atoms. The molecule has 24 heavy (non-hydrogen) atoms. The van der Waals surface area contributed by atoms with E-state index in [4.69, 9.17) is 10.00 Å². The first-order chi connectivity index (χ1) is 11.5. The molecule has 0 saturated heterocycles. The first-order valence-electron chi connectivity index (χ1n) is 7.45. The van der Waals surface area contributed by atoms with Crippen LogP contribution in [0.25, 0.3) is 0 Å². The fourth-order valence-electron chi connectivity index (χ4n) is 1.74. The molecular formula is C16H20N4O4. The molecule has 1 aromatic carbocycles. The molecule has 0 heterocycles. The standard InChI is InChI=1S/C16H20N4O4/c1-12(2)24-9-5-8-18-11-13(10-17)16(21)19-14-6-3-4-7-15(14)20(22)23/h3-4,6-7,11-12,18H,5,8-9H2,1-2H3,(H,19,21)/b13-11-. The van der Waals surface area contributed by atoms with Gasteiger partial charge in [-0.2, -0.15) is 5.26 Å². The van der Waals surface area contributed by atoms with Gasteiger partial charge in [-0.1, -0.05) is 12.1 Å². The van der Waals surface area contributed by atoms with Crippen LogP contribution in [-0.4, -0.2) is 30.1 Å². The summed E-state index contributed by atoms with van der Waals surface area (Å²) in [5.41, 5.74) is -0.362. The highest BCUT2D eigenvalue weighted by Crippen LogP contribution is 2.23. The van der Waals surface area contributed by atoms with Crippen molar-refractivity contribution in [1.82, 2.24) is 5.32 Å². The van der Waals surface area contributed by atoms with Crippen molar-refractivity contribution < 1.29 is 14.5 Å². The third kappa shape index (κ3) is 6.46. The second-order valence-corrected chi connectivity index (χ2v) is 5.13. The minimum Gasteiger partial charge on any atom is -0.390 e. The van der Waals surface area contributed by atoms with Gasteiger partial charge < -0.3 is 15.4 Å². The van der Waals surface area contributed by atoms with Gasteiger partial charge in [-0.15, -0.1) is 0 Å². The van der Waals surface area contributed by atoms with E-state index in [0.717, 1.165) is 6.42 Å². The average Bonchev–Trinajstić information content (AvgIpc) is 2.54. The molecule has 1 amide bonds. The Morgan fingerprint density at radius 3 is 2.79 bits per heavy atom. The number of benzene rings is 1. The van der Waals surface area contributed by atoms with Crippen LogP contribution >= 0.6 is 0 Å². The number of amides is 1. The Kier molecular flexibility index (Phi) is 7.94. The molecule has 128 valence electrons. The van der Waals surface area contributed by atoms with E-state index in [-0.39, 0.29) is 23.1 Å². The van der Waals surface area contributed by atoms with Gasteiger partial charge in [0.2, 0.25) is 0 Å². The number of hydrogen-bond donors (Lipinski definition) is 2. The third-order valence-electron chi connectivity index (χ3n) is 2.88. The molecule has 1 rings (SSSR count). The van der Waals surface area contributed by atoms with Gasteiger partial charge in [0.1, 0.15) is 17.3 Å². The van der Waals surface area contributed by atoms with Crippen LogP contribution in [-0.2, 0) is 9.53 Å². The summed E-state index contributed by atoms with van der Waals surface area (Å²) in [6.45, 7) is 4.99. The highest BCUT2D eigenvalue weighted by Gasteiger charge is 2.16. The van der Waals surface area contributed by atoms with Crippen molar-refractivity contribution >= 4 is 17.3 Å².